The van der Waals surface area contributed by atoms with Gasteiger partial charge in [0.25, 0.3) is 10.0 Å². The molecule has 6 aromatic rings. The maximum atomic E-state index is 13.9. The van der Waals surface area contributed by atoms with Gasteiger partial charge in [-0.15, -0.1) is 0 Å². The van der Waals surface area contributed by atoms with Crippen LogP contribution in [-0.2, 0) is 10.0 Å². The quantitative estimate of drug-likeness (QED) is 0.358. The highest BCUT2D eigenvalue weighted by molar-refractivity contribution is 7.90. The summed E-state index contributed by atoms with van der Waals surface area (Å²) in [7, 11) is -3.87. The molecule has 150 valence electrons. The number of rotatable bonds is 3. The van der Waals surface area contributed by atoms with Crippen molar-refractivity contribution in [3.63, 3.8) is 0 Å². The number of furan rings is 1. The average molecular weight is 424 g/mol. The molecule has 31 heavy (non-hydrogen) atoms. The van der Waals surface area contributed by atoms with E-state index in [4.69, 9.17) is 9.40 Å². The molecule has 0 fully saturated rings. The predicted molar refractivity (Wildman–Crippen MR) is 121 cm³/mol. The molecule has 0 aliphatic carbocycles. The lowest BCUT2D eigenvalue weighted by Gasteiger charge is -2.11. The normalized spacial score (nSPS) is 12.1. The first-order chi connectivity index (χ1) is 15.2. The van der Waals surface area contributed by atoms with Crippen molar-refractivity contribution in [2.24, 2.45) is 0 Å². The molecule has 3 heterocycles. The molecule has 0 atom stereocenters. The molecule has 0 bridgehead atoms. The van der Waals surface area contributed by atoms with E-state index in [-0.39, 0.29) is 4.90 Å². The highest BCUT2D eigenvalue weighted by Gasteiger charge is 2.27. The van der Waals surface area contributed by atoms with Gasteiger partial charge in [-0.1, -0.05) is 54.6 Å². The first-order valence-corrected chi connectivity index (χ1v) is 11.3. The van der Waals surface area contributed by atoms with E-state index < -0.39 is 10.0 Å². The van der Waals surface area contributed by atoms with Gasteiger partial charge in [-0.3, -0.25) is 0 Å². The van der Waals surface area contributed by atoms with Crippen molar-refractivity contribution in [3.8, 4) is 11.5 Å². The lowest BCUT2D eigenvalue weighted by molar-refractivity contribution is 0.581. The van der Waals surface area contributed by atoms with Crippen LogP contribution in [0.1, 0.15) is 0 Å². The molecule has 3 aromatic heterocycles. The van der Waals surface area contributed by atoms with Crippen molar-refractivity contribution in [1.82, 2.24) is 8.96 Å². The topological polar surface area (TPSA) is 65.1 Å². The monoisotopic (exact) mass is 424 g/mol. The van der Waals surface area contributed by atoms with Gasteiger partial charge >= 0.3 is 0 Å². The molecule has 0 unspecified atom stereocenters. The van der Waals surface area contributed by atoms with Crippen molar-refractivity contribution >= 4 is 42.7 Å². The maximum Gasteiger partial charge on any atom is 0.268 e. The Bertz CT molecular complexity index is 1680. The third-order valence-corrected chi connectivity index (χ3v) is 7.22. The summed E-state index contributed by atoms with van der Waals surface area (Å²) in [5.74, 6) is 0.593. The van der Waals surface area contributed by atoms with Gasteiger partial charge < -0.3 is 4.42 Å². The summed E-state index contributed by atoms with van der Waals surface area (Å²) in [6, 6.07) is 27.2. The second-order valence-electron chi connectivity index (χ2n) is 7.28. The molecular formula is C25H16N2O3S. The standard InChI is InChI=1S/C25H16N2O3S/c28-31(29,17-9-2-1-3-10-17)27-21-14-7-5-12-19(21)23-24(22-15-8-16-30-22)26-20-13-6-4-11-18(20)25(23)27/h1-16H. The zero-order valence-electron chi connectivity index (χ0n) is 16.3. The van der Waals surface area contributed by atoms with E-state index in [1.807, 2.05) is 54.6 Å². The Morgan fingerprint density at radius 2 is 1.45 bits per heavy atom. The molecule has 6 rings (SSSR count). The van der Waals surface area contributed by atoms with Crippen LogP contribution in [0, 0.1) is 0 Å². The summed E-state index contributed by atoms with van der Waals surface area (Å²) in [6.07, 6.45) is 1.60. The average Bonchev–Trinajstić information content (AvgIpc) is 3.46. The molecule has 0 N–H and O–H groups in total. The van der Waals surface area contributed by atoms with E-state index in [2.05, 4.69) is 0 Å². The number of nitrogens with zero attached hydrogens (tertiary/aromatic N) is 2. The highest BCUT2D eigenvalue weighted by Crippen LogP contribution is 2.41. The van der Waals surface area contributed by atoms with Crippen molar-refractivity contribution in [3.05, 3.63) is 97.3 Å². The van der Waals surface area contributed by atoms with Crippen LogP contribution < -0.4 is 0 Å². The fourth-order valence-corrected chi connectivity index (χ4v) is 5.74. The Morgan fingerprint density at radius 3 is 2.23 bits per heavy atom. The smallest absolute Gasteiger partial charge is 0.268 e. The number of aromatic nitrogens is 2. The van der Waals surface area contributed by atoms with Crippen LogP contribution in [-0.4, -0.2) is 17.4 Å². The Balaban J connectivity index is 1.90. The number of hydrogen-bond donors (Lipinski definition) is 0. The van der Waals surface area contributed by atoms with Crippen molar-refractivity contribution < 1.29 is 12.8 Å². The van der Waals surface area contributed by atoms with Crippen LogP contribution in [0.25, 0.3) is 44.2 Å². The van der Waals surface area contributed by atoms with E-state index in [1.165, 1.54) is 3.97 Å². The molecule has 0 aliphatic rings. The first kappa shape index (κ1) is 17.9. The highest BCUT2D eigenvalue weighted by atomic mass is 32.2. The maximum absolute atomic E-state index is 13.9. The Labute approximate surface area is 178 Å². The fraction of sp³-hybridized carbons (Fsp3) is 0. The summed E-state index contributed by atoms with van der Waals surface area (Å²) in [5.41, 5.74) is 2.53. The SMILES string of the molecule is O=S(=O)(c1ccccc1)n1c2ccccc2c2c(-c3ccco3)nc3ccccc3c21. The van der Waals surface area contributed by atoms with Gasteiger partial charge in [0.05, 0.1) is 27.7 Å². The van der Waals surface area contributed by atoms with Crippen LogP contribution in [0.4, 0.5) is 0 Å². The van der Waals surface area contributed by atoms with Crippen molar-refractivity contribution in [2.45, 2.75) is 4.90 Å². The first-order valence-electron chi connectivity index (χ1n) is 9.83. The third-order valence-electron chi connectivity index (χ3n) is 5.50. The summed E-state index contributed by atoms with van der Waals surface area (Å²) >= 11 is 0. The molecule has 5 nitrogen and oxygen atoms in total. The Hall–Kier alpha value is -3.90. The lowest BCUT2D eigenvalue weighted by atomic mass is 10.1. The van der Waals surface area contributed by atoms with Crippen molar-refractivity contribution in [2.75, 3.05) is 0 Å². The second kappa shape index (κ2) is 6.55. The molecule has 0 spiro atoms. The van der Waals surface area contributed by atoms with Crippen LogP contribution in [0.15, 0.2) is 107 Å². The van der Waals surface area contributed by atoms with Crippen LogP contribution >= 0.6 is 0 Å². The van der Waals surface area contributed by atoms with Crippen LogP contribution in [0.3, 0.4) is 0 Å². The Kier molecular flexibility index (Phi) is 3.79. The lowest BCUT2D eigenvalue weighted by Crippen LogP contribution is -2.13. The molecular weight excluding hydrogens is 408 g/mol. The van der Waals surface area contributed by atoms with E-state index in [0.717, 1.165) is 16.2 Å². The summed E-state index contributed by atoms with van der Waals surface area (Å²) in [4.78, 5) is 5.10. The number of para-hydroxylation sites is 2. The molecule has 0 saturated carbocycles. The van der Waals surface area contributed by atoms with E-state index in [9.17, 15) is 8.42 Å². The van der Waals surface area contributed by atoms with E-state index >= 15 is 0 Å². The Morgan fingerprint density at radius 1 is 0.742 bits per heavy atom. The third kappa shape index (κ3) is 2.55. The fourth-order valence-electron chi connectivity index (χ4n) is 4.18. The number of hydrogen-bond acceptors (Lipinski definition) is 4. The van der Waals surface area contributed by atoms with Crippen LogP contribution in [0.5, 0.6) is 0 Å². The number of pyridine rings is 1. The summed E-state index contributed by atoms with van der Waals surface area (Å²) in [6.45, 7) is 0. The molecule has 0 aliphatic heterocycles. The van der Waals surface area contributed by atoms with Gasteiger partial charge in [0.15, 0.2) is 5.76 Å². The number of fused-ring (bicyclic) bond motifs is 5. The van der Waals surface area contributed by atoms with Gasteiger partial charge in [-0.2, -0.15) is 0 Å². The largest absolute Gasteiger partial charge is 0.463 e. The van der Waals surface area contributed by atoms with E-state index in [1.54, 1.807) is 42.7 Å². The van der Waals surface area contributed by atoms with Gasteiger partial charge in [-0.25, -0.2) is 17.4 Å². The molecule has 0 radical (unpaired) electrons. The zero-order chi connectivity index (χ0) is 21.0. The minimum atomic E-state index is -3.87. The van der Waals surface area contributed by atoms with Gasteiger partial charge in [-0.05, 0) is 36.4 Å². The molecule has 0 amide bonds. The predicted octanol–water partition coefficient (Wildman–Crippen LogP) is 5.84. The van der Waals surface area contributed by atoms with Gasteiger partial charge in [0.2, 0.25) is 0 Å². The zero-order valence-corrected chi connectivity index (χ0v) is 17.1. The molecule has 0 saturated heterocycles. The summed E-state index contributed by atoms with van der Waals surface area (Å²) in [5, 5.41) is 2.33. The minimum absolute atomic E-state index is 0.234. The van der Waals surface area contributed by atoms with Gasteiger partial charge in [0, 0.05) is 16.2 Å². The van der Waals surface area contributed by atoms with E-state index in [0.29, 0.717) is 28.0 Å². The minimum Gasteiger partial charge on any atom is -0.463 e. The number of benzene rings is 3. The summed E-state index contributed by atoms with van der Waals surface area (Å²) < 4.78 is 34.9. The van der Waals surface area contributed by atoms with Crippen molar-refractivity contribution in [1.29, 1.82) is 0 Å². The van der Waals surface area contributed by atoms with Gasteiger partial charge in [0.1, 0.15) is 5.69 Å². The molecule has 6 heteroatoms. The molecule has 3 aromatic carbocycles. The second-order valence-corrected chi connectivity index (χ2v) is 9.06. The van der Waals surface area contributed by atoms with Crippen LogP contribution in [0.2, 0.25) is 0 Å².